The van der Waals surface area contributed by atoms with Crippen LogP contribution < -0.4 is 10.5 Å². The van der Waals surface area contributed by atoms with Crippen LogP contribution >= 0.6 is 0 Å². The number of carbonyl (C=O) groups excluding carboxylic acids is 1. The Balaban J connectivity index is 1.78. The smallest absolute Gasteiger partial charge is 0.408 e. The number of oxazole rings is 1. The fourth-order valence-corrected chi connectivity index (χ4v) is 3.26. The molecule has 0 spiro atoms. The monoisotopic (exact) mass is 346 g/mol. The molecule has 0 aliphatic carbocycles. The highest BCUT2D eigenvalue weighted by atomic mass is 32.2. The molecule has 0 aliphatic heterocycles. The number of ketones is 1. The van der Waals surface area contributed by atoms with Gasteiger partial charge >= 0.3 is 5.76 Å². The average molecular weight is 346 g/mol. The predicted octanol–water partition coefficient (Wildman–Crippen LogP) is 1.80. The zero-order chi connectivity index (χ0) is 17.3. The third kappa shape index (κ3) is 3.29. The first kappa shape index (κ1) is 16.2. The molecule has 3 rings (SSSR count). The number of hydrogen-bond donors (Lipinski definition) is 2. The lowest BCUT2D eigenvalue weighted by Gasteiger charge is -2.07. The Hall–Kier alpha value is -2.71. The van der Waals surface area contributed by atoms with Crippen molar-refractivity contribution in [1.29, 1.82) is 0 Å². The van der Waals surface area contributed by atoms with Crippen LogP contribution in [0.3, 0.4) is 0 Å². The maximum Gasteiger partial charge on any atom is 0.417 e. The van der Waals surface area contributed by atoms with Gasteiger partial charge in [0.05, 0.1) is 10.4 Å². The SMILES string of the molecule is CC(=O)c1ccc(S(=O)(=O)NCc2ccc3oc(=O)[nH]c3c2)cc1. The van der Waals surface area contributed by atoms with Gasteiger partial charge in [0.1, 0.15) is 0 Å². The van der Waals surface area contributed by atoms with Crippen LogP contribution in [0.25, 0.3) is 11.1 Å². The van der Waals surface area contributed by atoms with E-state index in [-0.39, 0.29) is 17.2 Å². The topological polar surface area (TPSA) is 109 Å². The molecule has 7 nitrogen and oxygen atoms in total. The van der Waals surface area contributed by atoms with Crippen LogP contribution in [0, 0.1) is 0 Å². The lowest BCUT2D eigenvalue weighted by Crippen LogP contribution is -2.23. The standard InChI is InChI=1S/C16H14N2O5S/c1-10(19)12-3-5-13(6-4-12)24(21,22)17-9-11-2-7-15-14(8-11)18-16(20)23-15/h2-8,17H,9H2,1H3,(H,18,20). The van der Waals surface area contributed by atoms with E-state index in [0.717, 1.165) is 0 Å². The van der Waals surface area contributed by atoms with Crippen LogP contribution in [0.1, 0.15) is 22.8 Å². The highest BCUT2D eigenvalue weighted by Gasteiger charge is 2.14. The number of aromatic nitrogens is 1. The van der Waals surface area contributed by atoms with E-state index in [4.69, 9.17) is 4.42 Å². The Kier molecular flexibility index (Phi) is 4.08. The van der Waals surface area contributed by atoms with Crippen molar-refractivity contribution in [2.24, 2.45) is 0 Å². The molecule has 2 N–H and O–H groups in total. The minimum Gasteiger partial charge on any atom is -0.408 e. The fraction of sp³-hybridized carbons (Fsp3) is 0.125. The second kappa shape index (κ2) is 6.06. The third-order valence-electron chi connectivity index (χ3n) is 3.52. The second-order valence-corrected chi connectivity index (χ2v) is 7.02. The van der Waals surface area contributed by atoms with E-state index in [0.29, 0.717) is 22.2 Å². The highest BCUT2D eigenvalue weighted by Crippen LogP contribution is 2.14. The van der Waals surface area contributed by atoms with E-state index >= 15 is 0 Å². The van der Waals surface area contributed by atoms with Crippen molar-refractivity contribution in [3.05, 3.63) is 64.1 Å². The lowest BCUT2D eigenvalue weighted by molar-refractivity contribution is 0.101. The Bertz CT molecular complexity index is 1060. The van der Waals surface area contributed by atoms with Crippen LogP contribution in [-0.2, 0) is 16.6 Å². The van der Waals surface area contributed by atoms with Crippen molar-refractivity contribution < 1.29 is 17.6 Å². The first-order valence-corrected chi connectivity index (χ1v) is 8.56. The fourth-order valence-electron chi connectivity index (χ4n) is 2.24. The van der Waals surface area contributed by atoms with Crippen LogP contribution in [-0.4, -0.2) is 19.2 Å². The summed E-state index contributed by atoms with van der Waals surface area (Å²) in [5.74, 6) is -0.692. The molecular formula is C16H14N2O5S. The number of Topliss-reactive ketones (excluding diaryl/α,β-unsaturated/α-hetero) is 1. The number of aromatic amines is 1. The number of fused-ring (bicyclic) bond motifs is 1. The molecule has 0 radical (unpaired) electrons. The molecule has 0 aliphatic rings. The lowest BCUT2D eigenvalue weighted by atomic mass is 10.2. The molecule has 2 aromatic carbocycles. The van der Waals surface area contributed by atoms with E-state index < -0.39 is 15.8 Å². The first-order chi connectivity index (χ1) is 11.3. The van der Waals surface area contributed by atoms with E-state index in [9.17, 15) is 18.0 Å². The summed E-state index contributed by atoms with van der Waals surface area (Å²) in [6.07, 6.45) is 0. The highest BCUT2D eigenvalue weighted by molar-refractivity contribution is 7.89. The Morgan fingerprint density at radius 1 is 1.17 bits per heavy atom. The van der Waals surface area contributed by atoms with Crippen molar-refractivity contribution >= 4 is 26.9 Å². The number of hydrogen-bond acceptors (Lipinski definition) is 5. The first-order valence-electron chi connectivity index (χ1n) is 7.07. The number of nitrogens with one attached hydrogen (secondary N) is 2. The summed E-state index contributed by atoms with van der Waals surface area (Å²) in [5, 5.41) is 0. The molecule has 0 atom stereocenters. The molecule has 0 saturated carbocycles. The largest absolute Gasteiger partial charge is 0.417 e. The summed E-state index contributed by atoms with van der Waals surface area (Å²) in [6.45, 7) is 1.47. The molecule has 0 fully saturated rings. The van der Waals surface area contributed by atoms with Gasteiger partial charge < -0.3 is 4.42 Å². The summed E-state index contributed by atoms with van der Waals surface area (Å²) in [4.78, 5) is 24.9. The number of benzene rings is 2. The molecule has 8 heteroatoms. The summed E-state index contributed by atoms with van der Waals surface area (Å²) in [5.41, 5.74) is 2.03. The molecule has 0 bridgehead atoms. The zero-order valence-corrected chi connectivity index (χ0v) is 13.5. The molecule has 1 heterocycles. The molecule has 3 aromatic rings. The van der Waals surface area contributed by atoms with Crippen LogP contribution in [0.5, 0.6) is 0 Å². The molecular weight excluding hydrogens is 332 g/mol. The number of sulfonamides is 1. The van der Waals surface area contributed by atoms with Gasteiger partial charge in [0.2, 0.25) is 10.0 Å². The summed E-state index contributed by atoms with van der Waals surface area (Å²) < 4.78 is 31.9. The van der Waals surface area contributed by atoms with Gasteiger partial charge in [0.15, 0.2) is 11.4 Å². The third-order valence-corrected chi connectivity index (χ3v) is 4.94. The predicted molar refractivity (Wildman–Crippen MR) is 87.3 cm³/mol. The van der Waals surface area contributed by atoms with E-state index in [1.54, 1.807) is 18.2 Å². The maximum atomic E-state index is 12.3. The number of carbonyl (C=O) groups is 1. The maximum absolute atomic E-state index is 12.3. The van der Waals surface area contributed by atoms with Gasteiger partial charge in [-0.25, -0.2) is 17.9 Å². The summed E-state index contributed by atoms with van der Waals surface area (Å²) in [6, 6.07) is 10.6. The molecule has 1 aromatic heterocycles. The van der Waals surface area contributed by atoms with Gasteiger partial charge in [-0.15, -0.1) is 0 Å². The van der Waals surface area contributed by atoms with Crippen LogP contribution in [0.2, 0.25) is 0 Å². The van der Waals surface area contributed by atoms with Gasteiger partial charge in [0, 0.05) is 12.1 Å². The van der Waals surface area contributed by atoms with Crippen molar-refractivity contribution in [2.75, 3.05) is 0 Å². The van der Waals surface area contributed by atoms with E-state index in [1.807, 2.05) is 0 Å². The molecule has 0 amide bonds. The van der Waals surface area contributed by atoms with Crippen molar-refractivity contribution in [3.8, 4) is 0 Å². The molecule has 24 heavy (non-hydrogen) atoms. The summed E-state index contributed by atoms with van der Waals surface area (Å²) >= 11 is 0. The normalized spacial score (nSPS) is 11.7. The minimum atomic E-state index is -3.71. The van der Waals surface area contributed by atoms with E-state index in [2.05, 4.69) is 9.71 Å². The van der Waals surface area contributed by atoms with Crippen molar-refractivity contribution in [1.82, 2.24) is 9.71 Å². The van der Waals surface area contributed by atoms with Gasteiger partial charge in [-0.05, 0) is 36.8 Å². The van der Waals surface area contributed by atoms with Gasteiger partial charge in [0.25, 0.3) is 0 Å². The Labute approximate surface area is 137 Å². The second-order valence-electron chi connectivity index (χ2n) is 5.25. The Morgan fingerprint density at radius 3 is 2.54 bits per heavy atom. The average Bonchev–Trinajstić information content (AvgIpc) is 2.92. The van der Waals surface area contributed by atoms with Gasteiger partial charge in [-0.2, -0.15) is 0 Å². The quantitative estimate of drug-likeness (QED) is 0.685. The number of H-pyrrole nitrogens is 1. The summed E-state index contributed by atoms with van der Waals surface area (Å²) in [7, 11) is -3.71. The molecule has 124 valence electrons. The minimum absolute atomic E-state index is 0.0555. The van der Waals surface area contributed by atoms with Crippen molar-refractivity contribution in [2.45, 2.75) is 18.4 Å². The van der Waals surface area contributed by atoms with E-state index in [1.165, 1.54) is 31.2 Å². The molecule has 0 saturated heterocycles. The van der Waals surface area contributed by atoms with Crippen molar-refractivity contribution in [3.63, 3.8) is 0 Å². The number of rotatable bonds is 5. The Morgan fingerprint density at radius 2 is 1.88 bits per heavy atom. The van der Waals surface area contributed by atoms with Gasteiger partial charge in [-0.3, -0.25) is 9.78 Å². The van der Waals surface area contributed by atoms with Gasteiger partial charge in [-0.1, -0.05) is 18.2 Å². The van der Waals surface area contributed by atoms with Crippen LogP contribution in [0.4, 0.5) is 0 Å². The zero-order valence-electron chi connectivity index (χ0n) is 12.7. The van der Waals surface area contributed by atoms with Crippen LogP contribution in [0.15, 0.2) is 56.6 Å². The molecule has 0 unspecified atom stereocenters.